The molecule has 1 atom stereocenters. The summed E-state index contributed by atoms with van der Waals surface area (Å²) in [6.07, 6.45) is 2.30. The first-order valence-corrected chi connectivity index (χ1v) is 5.76. The van der Waals surface area contributed by atoms with Crippen LogP contribution in [0.3, 0.4) is 0 Å². The van der Waals surface area contributed by atoms with Gasteiger partial charge in [-0.2, -0.15) is 0 Å². The largest absolute Gasteiger partial charge is 0.342 e. The van der Waals surface area contributed by atoms with Crippen LogP contribution in [0, 0.1) is 0 Å². The fourth-order valence-corrected chi connectivity index (χ4v) is 1.94. The molecule has 0 aromatic heterocycles. The van der Waals surface area contributed by atoms with Crippen LogP contribution in [0.5, 0.6) is 0 Å². The highest BCUT2D eigenvalue weighted by Crippen LogP contribution is 2.15. The van der Waals surface area contributed by atoms with Gasteiger partial charge in [-0.25, -0.2) is 0 Å². The Kier molecular flexibility index (Phi) is 6.95. The average molecular weight is 250 g/mol. The number of hydrogen-bond acceptors (Lipinski definition) is 3. The molecule has 1 aliphatic rings. The maximum Gasteiger partial charge on any atom is 0.236 e. The van der Waals surface area contributed by atoms with E-state index in [1.165, 1.54) is 6.42 Å². The highest BCUT2D eigenvalue weighted by molar-refractivity contribution is 5.85. The van der Waals surface area contributed by atoms with Crippen molar-refractivity contribution < 1.29 is 4.79 Å². The van der Waals surface area contributed by atoms with Gasteiger partial charge in [-0.3, -0.25) is 9.69 Å². The molecule has 0 saturated carbocycles. The number of likely N-dealkylation sites (tertiary alicyclic amines) is 1. The summed E-state index contributed by atoms with van der Waals surface area (Å²) in [5.41, 5.74) is 5.67. The second-order valence-electron chi connectivity index (χ2n) is 4.60. The molecule has 0 radical (unpaired) electrons. The summed E-state index contributed by atoms with van der Waals surface area (Å²) in [5, 5.41) is 0. The van der Waals surface area contributed by atoms with Gasteiger partial charge in [0.2, 0.25) is 5.91 Å². The van der Waals surface area contributed by atoms with E-state index >= 15 is 0 Å². The molecule has 4 nitrogen and oxygen atoms in total. The number of likely N-dealkylation sites (N-methyl/N-ethyl adjacent to an activating group) is 1. The Bertz CT molecular complexity index is 223. The predicted molar refractivity (Wildman–Crippen MR) is 68.8 cm³/mol. The average Bonchev–Trinajstić information content (AvgIpc) is 2.63. The maximum absolute atomic E-state index is 11.8. The maximum atomic E-state index is 11.8. The number of hydrogen-bond donors (Lipinski definition) is 1. The van der Waals surface area contributed by atoms with Crippen LogP contribution in [0.2, 0.25) is 0 Å². The van der Waals surface area contributed by atoms with Crippen molar-refractivity contribution in [3.8, 4) is 0 Å². The second kappa shape index (κ2) is 7.09. The minimum Gasteiger partial charge on any atom is -0.342 e. The van der Waals surface area contributed by atoms with E-state index in [1.807, 2.05) is 20.9 Å². The monoisotopic (exact) mass is 249 g/mol. The number of amides is 1. The van der Waals surface area contributed by atoms with E-state index in [1.54, 1.807) is 4.90 Å². The molecule has 16 heavy (non-hydrogen) atoms. The first kappa shape index (κ1) is 15.7. The number of nitrogens with two attached hydrogens (primary N) is 1. The zero-order chi connectivity index (χ0) is 11.4. The molecule has 0 bridgehead atoms. The Morgan fingerprint density at radius 2 is 2.19 bits per heavy atom. The van der Waals surface area contributed by atoms with Crippen molar-refractivity contribution in [2.24, 2.45) is 5.73 Å². The van der Waals surface area contributed by atoms with Crippen molar-refractivity contribution in [2.45, 2.75) is 38.8 Å². The smallest absolute Gasteiger partial charge is 0.236 e. The van der Waals surface area contributed by atoms with Crippen LogP contribution in [0.15, 0.2) is 0 Å². The predicted octanol–water partition coefficient (Wildman–Crippen LogP) is 0.698. The molecule has 0 aromatic rings. The lowest BCUT2D eigenvalue weighted by Gasteiger charge is -2.27. The highest BCUT2D eigenvalue weighted by Gasteiger charge is 2.26. The highest BCUT2D eigenvalue weighted by atomic mass is 35.5. The third-order valence-corrected chi connectivity index (χ3v) is 3.28. The molecule has 1 saturated heterocycles. The van der Waals surface area contributed by atoms with E-state index < -0.39 is 0 Å². The molecule has 1 rings (SSSR count). The van der Waals surface area contributed by atoms with Crippen LogP contribution >= 0.6 is 12.4 Å². The van der Waals surface area contributed by atoms with Crippen molar-refractivity contribution in [3.63, 3.8) is 0 Å². The Labute approximate surface area is 105 Å². The summed E-state index contributed by atoms with van der Waals surface area (Å²) >= 11 is 0. The van der Waals surface area contributed by atoms with Crippen LogP contribution in [-0.4, -0.2) is 54.5 Å². The number of rotatable bonds is 4. The van der Waals surface area contributed by atoms with E-state index in [0.29, 0.717) is 19.1 Å². The minimum atomic E-state index is 0. The molecule has 5 heteroatoms. The van der Waals surface area contributed by atoms with Gasteiger partial charge < -0.3 is 10.6 Å². The lowest BCUT2D eigenvalue weighted by atomic mass is 10.2. The SMILES string of the molecule is CC(C)N(C)C(=O)CN1CCCC1CN.Cl. The topological polar surface area (TPSA) is 49.6 Å². The molecule has 0 spiro atoms. The van der Waals surface area contributed by atoms with Crippen molar-refractivity contribution in [1.29, 1.82) is 0 Å². The van der Waals surface area contributed by atoms with Gasteiger partial charge in [0.15, 0.2) is 0 Å². The van der Waals surface area contributed by atoms with E-state index in [4.69, 9.17) is 5.73 Å². The Balaban J connectivity index is 0.00000225. The van der Waals surface area contributed by atoms with Gasteiger partial charge in [-0.05, 0) is 33.2 Å². The summed E-state index contributed by atoms with van der Waals surface area (Å²) < 4.78 is 0. The first-order chi connectivity index (χ1) is 7.06. The van der Waals surface area contributed by atoms with Crippen molar-refractivity contribution in [3.05, 3.63) is 0 Å². The lowest BCUT2D eigenvalue weighted by molar-refractivity contribution is -0.132. The molecule has 2 N–H and O–H groups in total. The third-order valence-electron chi connectivity index (χ3n) is 3.28. The Morgan fingerprint density at radius 1 is 1.56 bits per heavy atom. The summed E-state index contributed by atoms with van der Waals surface area (Å²) in [7, 11) is 1.86. The summed E-state index contributed by atoms with van der Waals surface area (Å²) in [6, 6.07) is 0.686. The zero-order valence-corrected chi connectivity index (χ0v) is 11.3. The van der Waals surface area contributed by atoms with E-state index in [-0.39, 0.29) is 24.4 Å². The molecule has 1 heterocycles. The van der Waals surface area contributed by atoms with Gasteiger partial charge in [0.05, 0.1) is 6.54 Å². The van der Waals surface area contributed by atoms with Crippen molar-refractivity contribution >= 4 is 18.3 Å². The van der Waals surface area contributed by atoms with Gasteiger partial charge in [0.1, 0.15) is 0 Å². The normalized spacial score (nSPS) is 20.9. The van der Waals surface area contributed by atoms with Gasteiger partial charge >= 0.3 is 0 Å². The molecule has 1 amide bonds. The Hall–Kier alpha value is -0.320. The number of halogens is 1. The fourth-order valence-electron chi connectivity index (χ4n) is 1.94. The Morgan fingerprint density at radius 3 is 2.69 bits per heavy atom. The van der Waals surface area contributed by atoms with Crippen LogP contribution < -0.4 is 5.73 Å². The number of nitrogens with zero attached hydrogens (tertiary/aromatic N) is 2. The van der Waals surface area contributed by atoms with Crippen LogP contribution in [-0.2, 0) is 4.79 Å². The second-order valence-corrected chi connectivity index (χ2v) is 4.60. The molecule has 1 aliphatic heterocycles. The van der Waals surface area contributed by atoms with Gasteiger partial charge in [0.25, 0.3) is 0 Å². The van der Waals surface area contributed by atoms with Crippen LogP contribution in [0.4, 0.5) is 0 Å². The zero-order valence-electron chi connectivity index (χ0n) is 10.5. The summed E-state index contributed by atoms with van der Waals surface area (Å²) in [5.74, 6) is 0.199. The third kappa shape index (κ3) is 3.92. The molecule has 1 fully saturated rings. The first-order valence-electron chi connectivity index (χ1n) is 5.76. The summed E-state index contributed by atoms with van der Waals surface area (Å²) in [6.45, 7) is 6.26. The summed E-state index contributed by atoms with van der Waals surface area (Å²) in [4.78, 5) is 15.9. The van der Waals surface area contributed by atoms with E-state index in [2.05, 4.69) is 4.90 Å². The number of carbonyl (C=O) groups is 1. The molecular formula is C11H24ClN3O. The van der Waals surface area contributed by atoms with Gasteiger partial charge in [-0.1, -0.05) is 0 Å². The molecule has 0 aromatic carbocycles. The van der Waals surface area contributed by atoms with Gasteiger partial charge in [-0.15, -0.1) is 12.4 Å². The molecule has 1 unspecified atom stereocenters. The van der Waals surface area contributed by atoms with E-state index in [0.717, 1.165) is 13.0 Å². The molecule has 96 valence electrons. The molecular weight excluding hydrogens is 226 g/mol. The fraction of sp³-hybridized carbons (Fsp3) is 0.909. The lowest BCUT2D eigenvalue weighted by Crippen LogP contribution is -2.44. The van der Waals surface area contributed by atoms with Crippen LogP contribution in [0.25, 0.3) is 0 Å². The van der Waals surface area contributed by atoms with Crippen molar-refractivity contribution in [2.75, 3.05) is 26.7 Å². The van der Waals surface area contributed by atoms with Gasteiger partial charge in [0, 0.05) is 25.7 Å². The standard InChI is InChI=1S/C11H23N3O.ClH/c1-9(2)13(3)11(15)8-14-6-4-5-10(14)7-12;/h9-10H,4-8,12H2,1-3H3;1H. The quantitative estimate of drug-likeness (QED) is 0.798. The van der Waals surface area contributed by atoms with E-state index in [9.17, 15) is 4.79 Å². The molecule has 0 aliphatic carbocycles. The number of carbonyl (C=O) groups excluding carboxylic acids is 1. The van der Waals surface area contributed by atoms with Crippen LogP contribution in [0.1, 0.15) is 26.7 Å². The van der Waals surface area contributed by atoms with Crippen molar-refractivity contribution in [1.82, 2.24) is 9.80 Å². The minimum absolute atomic E-state index is 0.